The number of ether oxygens (including phenoxy) is 1. The number of carbonyl (C=O) groups excluding carboxylic acids is 2. The van der Waals surface area contributed by atoms with E-state index in [9.17, 15) is 22.4 Å². The molecule has 1 atom stereocenters. The monoisotopic (exact) mass is 527 g/mol. The van der Waals surface area contributed by atoms with Crippen LogP contribution >= 0.6 is 0 Å². The molecule has 0 unspecified atom stereocenters. The molecule has 196 valence electrons. The number of nitrogens with one attached hydrogen (secondary N) is 1. The van der Waals surface area contributed by atoms with Gasteiger partial charge in [-0.05, 0) is 35.9 Å². The molecule has 2 amide bonds. The number of halogens is 1. The highest BCUT2D eigenvalue weighted by molar-refractivity contribution is 7.92. The number of hydrogen-bond donors (Lipinski definition) is 1. The van der Waals surface area contributed by atoms with Crippen molar-refractivity contribution in [3.8, 4) is 5.75 Å². The Morgan fingerprint density at radius 3 is 2.16 bits per heavy atom. The molecular weight excluding hydrogens is 497 g/mol. The molecule has 0 fully saturated rings. The molecule has 10 heteroatoms. The van der Waals surface area contributed by atoms with E-state index in [1.807, 2.05) is 30.3 Å². The molecule has 3 aromatic carbocycles. The Hall–Kier alpha value is -3.92. The average Bonchev–Trinajstić information content (AvgIpc) is 2.89. The summed E-state index contributed by atoms with van der Waals surface area (Å²) in [4.78, 5) is 28.0. The number of nitrogens with zero attached hydrogens (tertiary/aromatic N) is 2. The second kappa shape index (κ2) is 12.4. The third-order valence-electron chi connectivity index (χ3n) is 5.86. The molecule has 37 heavy (non-hydrogen) atoms. The van der Waals surface area contributed by atoms with E-state index >= 15 is 0 Å². The lowest BCUT2D eigenvalue weighted by Gasteiger charge is -2.33. The first-order chi connectivity index (χ1) is 17.6. The minimum absolute atomic E-state index is 0.155. The first-order valence-electron chi connectivity index (χ1n) is 11.5. The predicted molar refractivity (Wildman–Crippen MR) is 140 cm³/mol. The van der Waals surface area contributed by atoms with Crippen molar-refractivity contribution in [1.82, 2.24) is 10.2 Å². The van der Waals surface area contributed by atoms with Gasteiger partial charge in [0.25, 0.3) is 0 Å². The molecule has 0 aromatic heterocycles. The van der Waals surface area contributed by atoms with Crippen LogP contribution in [-0.4, -0.2) is 58.1 Å². The van der Waals surface area contributed by atoms with Crippen molar-refractivity contribution in [3.63, 3.8) is 0 Å². The summed E-state index contributed by atoms with van der Waals surface area (Å²) in [5.74, 6) is -1.13. The van der Waals surface area contributed by atoms with Crippen molar-refractivity contribution in [3.05, 3.63) is 95.8 Å². The van der Waals surface area contributed by atoms with Crippen LogP contribution < -0.4 is 14.4 Å². The molecule has 0 saturated carbocycles. The van der Waals surface area contributed by atoms with Gasteiger partial charge in [0.15, 0.2) is 0 Å². The van der Waals surface area contributed by atoms with Gasteiger partial charge in [-0.15, -0.1) is 0 Å². The number of methoxy groups -OCH3 is 1. The van der Waals surface area contributed by atoms with Gasteiger partial charge in [0.2, 0.25) is 21.8 Å². The van der Waals surface area contributed by atoms with Gasteiger partial charge < -0.3 is 15.0 Å². The Morgan fingerprint density at radius 2 is 1.59 bits per heavy atom. The summed E-state index contributed by atoms with van der Waals surface area (Å²) < 4.78 is 46.1. The lowest BCUT2D eigenvalue weighted by molar-refractivity contribution is -0.139. The first-order valence-corrected chi connectivity index (χ1v) is 13.4. The molecule has 0 aliphatic rings. The average molecular weight is 528 g/mol. The topological polar surface area (TPSA) is 96.0 Å². The van der Waals surface area contributed by atoms with E-state index in [0.717, 1.165) is 16.1 Å². The Kier molecular flexibility index (Phi) is 9.24. The largest absolute Gasteiger partial charge is 0.497 e. The van der Waals surface area contributed by atoms with Crippen molar-refractivity contribution in [2.24, 2.45) is 0 Å². The molecule has 0 radical (unpaired) electrons. The summed E-state index contributed by atoms with van der Waals surface area (Å²) in [5.41, 5.74) is 1.24. The van der Waals surface area contributed by atoms with Gasteiger partial charge in [-0.2, -0.15) is 0 Å². The highest BCUT2D eigenvalue weighted by Gasteiger charge is 2.33. The van der Waals surface area contributed by atoms with Gasteiger partial charge >= 0.3 is 0 Å². The molecule has 3 aromatic rings. The third-order valence-corrected chi connectivity index (χ3v) is 7.00. The molecule has 0 bridgehead atoms. The summed E-state index contributed by atoms with van der Waals surface area (Å²) >= 11 is 0. The molecule has 3 rings (SSSR count). The van der Waals surface area contributed by atoms with Gasteiger partial charge in [0, 0.05) is 25.6 Å². The number of carbonyl (C=O) groups is 2. The summed E-state index contributed by atoms with van der Waals surface area (Å²) in [6, 6.07) is 20.2. The number of anilines is 1. The SMILES string of the molecule is CNC(=O)[C@@H](Cc1ccccc1)N(Cc1ccccc1F)C(=O)CN(c1ccc(OC)cc1)S(C)(=O)=O. The highest BCUT2D eigenvalue weighted by atomic mass is 32.2. The van der Waals surface area contributed by atoms with Crippen LogP contribution in [-0.2, 0) is 32.6 Å². The van der Waals surface area contributed by atoms with Gasteiger partial charge in [-0.25, -0.2) is 12.8 Å². The van der Waals surface area contributed by atoms with Gasteiger partial charge in [-0.3, -0.25) is 13.9 Å². The molecular formula is C27H30FN3O5S. The molecule has 0 saturated heterocycles. The normalized spacial score (nSPS) is 11.9. The highest BCUT2D eigenvalue weighted by Crippen LogP contribution is 2.23. The zero-order valence-corrected chi connectivity index (χ0v) is 21.7. The van der Waals surface area contributed by atoms with Crippen LogP contribution in [0.4, 0.5) is 10.1 Å². The zero-order valence-electron chi connectivity index (χ0n) is 20.9. The summed E-state index contributed by atoms with van der Waals surface area (Å²) in [6.07, 6.45) is 1.15. The molecule has 8 nitrogen and oxygen atoms in total. The number of amides is 2. The van der Waals surface area contributed by atoms with E-state index in [4.69, 9.17) is 4.74 Å². The van der Waals surface area contributed by atoms with Crippen LogP contribution in [0.3, 0.4) is 0 Å². The van der Waals surface area contributed by atoms with Crippen LogP contribution in [0.5, 0.6) is 5.75 Å². The maximum atomic E-state index is 14.6. The molecule has 0 aliphatic heterocycles. The van der Waals surface area contributed by atoms with Crippen LogP contribution in [0.15, 0.2) is 78.9 Å². The van der Waals surface area contributed by atoms with Crippen molar-refractivity contribution in [2.75, 3.05) is 31.3 Å². The van der Waals surface area contributed by atoms with Gasteiger partial charge in [0.1, 0.15) is 24.2 Å². The fourth-order valence-corrected chi connectivity index (χ4v) is 4.74. The van der Waals surface area contributed by atoms with E-state index in [-0.39, 0.29) is 24.2 Å². The Morgan fingerprint density at radius 1 is 0.973 bits per heavy atom. The summed E-state index contributed by atoms with van der Waals surface area (Å²) in [6.45, 7) is -0.807. The summed E-state index contributed by atoms with van der Waals surface area (Å²) in [7, 11) is -0.951. The standard InChI is InChI=1S/C27H30FN3O5S/c1-29-27(33)25(17-20-9-5-4-6-10-20)30(18-21-11-7-8-12-24(21)28)26(32)19-31(37(3,34)35)22-13-15-23(36-2)16-14-22/h4-16,25H,17-19H2,1-3H3,(H,29,33)/t25-/m1/s1. The van der Waals surface area contributed by atoms with Gasteiger partial charge in [-0.1, -0.05) is 48.5 Å². The number of rotatable bonds is 11. The minimum Gasteiger partial charge on any atom is -0.497 e. The first kappa shape index (κ1) is 27.7. The second-order valence-corrected chi connectivity index (χ2v) is 10.3. The smallest absolute Gasteiger partial charge is 0.244 e. The Bertz CT molecular complexity index is 1320. The summed E-state index contributed by atoms with van der Waals surface area (Å²) in [5, 5.41) is 2.58. The zero-order chi connectivity index (χ0) is 27.0. The van der Waals surface area contributed by atoms with E-state index in [1.165, 1.54) is 49.4 Å². The fourth-order valence-electron chi connectivity index (χ4n) is 3.89. The van der Waals surface area contributed by atoms with E-state index in [2.05, 4.69) is 5.32 Å². The maximum absolute atomic E-state index is 14.6. The number of sulfonamides is 1. The lowest BCUT2D eigenvalue weighted by atomic mass is 10.0. The predicted octanol–water partition coefficient (Wildman–Crippen LogP) is 2.99. The number of likely N-dealkylation sites (N-methyl/N-ethyl adjacent to an activating group) is 1. The Balaban J connectivity index is 2.02. The molecule has 0 aliphatic carbocycles. The molecule has 1 N–H and O–H groups in total. The van der Waals surface area contributed by atoms with Crippen molar-refractivity contribution in [2.45, 2.75) is 19.0 Å². The third kappa shape index (κ3) is 7.29. The fraction of sp³-hybridized carbons (Fsp3) is 0.259. The van der Waals surface area contributed by atoms with Crippen molar-refractivity contribution < 1.29 is 27.1 Å². The van der Waals surface area contributed by atoms with Crippen LogP contribution in [0, 0.1) is 5.82 Å². The molecule has 0 heterocycles. The van der Waals surface area contributed by atoms with Crippen molar-refractivity contribution >= 4 is 27.5 Å². The minimum atomic E-state index is -3.89. The maximum Gasteiger partial charge on any atom is 0.244 e. The van der Waals surface area contributed by atoms with Crippen LogP contribution in [0.25, 0.3) is 0 Å². The number of hydrogen-bond acceptors (Lipinski definition) is 5. The number of benzene rings is 3. The second-order valence-electron chi connectivity index (χ2n) is 8.40. The van der Waals surface area contributed by atoms with E-state index in [0.29, 0.717) is 5.75 Å². The van der Waals surface area contributed by atoms with Gasteiger partial charge in [0.05, 0.1) is 19.1 Å². The van der Waals surface area contributed by atoms with Crippen molar-refractivity contribution in [1.29, 1.82) is 0 Å². The lowest BCUT2D eigenvalue weighted by Crippen LogP contribution is -2.53. The molecule has 0 spiro atoms. The van der Waals surface area contributed by atoms with Crippen LogP contribution in [0.2, 0.25) is 0 Å². The van der Waals surface area contributed by atoms with Crippen LogP contribution in [0.1, 0.15) is 11.1 Å². The van der Waals surface area contributed by atoms with E-state index < -0.39 is 40.2 Å². The quantitative estimate of drug-likeness (QED) is 0.414. The Labute approximate surface area is 216 Å². The van der Waals surface area contributed by atoms with E-state index in [1.54, 1.807) is 18.2 Å².